The van der Waals surface area contributed by atoms with Crippen LogP contribution in [-0.4, -0.2) is 51.1 Å². The summed E-state index contributed by atoms with van der Waals surface area (Å²) in [5.74, 6) is -1.63. The van der Waals surface area contributed by atoms with E-state index in [9.17, 15) is 29.4 Å². The van der Waals surface area contributed by atoms with Crippen LogP contribution in [0.15, 0.2) is 65.7 Å². The number of hydrogen-bond acceptors (Lipinski definition) is 10. The Hall–Kier alpha value is -5.39. The summed E-state index contributed by atoms with van der Waals surface area (Å²) in [6, 6.07) is 10.4. The van der Waals surface area contributed by atoms with Gasteiger partial charge in [-0.1, -0.05) is 0 Å². The smallest absolute Gasteiger partial charge is 0.418 e. The topological polar surface area (TPSA) is 166 Å². The Balaban J connectivity index is 1.93. The lowest BCUT2D eigenvalue weighted by Gasteiger charge is -2.19. The minimum Gasteiger partial charge on any atom is -0.508 e. The van der Waals surface area contributed by atoms with E-state index in [0.717, 1.165) is 22.8 Å². The van der Waals surface area contributed by atoms with Crippen LogP contribution in [0, 0.1) is 0 Å². The number of benzene rings is 2. The number of aromatic nitrogens is 2. The molecule has 12 heteroatoms. The van der Waals surface area contributed by atoms with E-state index in [1.807, 2.05) is 0 Å². The fraction of sp³-hybridized carbons (Fsp3) is 0.148. The SMILES string of the molecule is CCOC(=O)Nc1cc(OC(=O)c2cccnc2)ccc1-c1cc(=O)c2c(O)cc(O)cc2n1C(=O)OCC. The van der Waals surface area contributed by atoms with E-state index >= 15 is 0 Å². The number of amides is 1. The van der Waals surface area contributed by atoms with Crippen molar-refractivity contribution in [1.82, 2.24) is 9.55 Å². The normalized spacial score (nSPS) is 10.6. The van der Waals surface area contributed by atoms with Crippen molar-refractivity contribution in [3.8, 4) is 28.5 Å². The lowest BCUT2D eigenvalue weighted by Crippen LogP contribution is -2.21. The third kappa shape index (κ3) is 5.64. The van der Waals surface area contributed by atoms with Crippen molar-refractivity contribution < 1.29 is 38.8 Å². The molecule has 2 heterocycles. The first kappa shape index (κ1) is 26.7. The molecule has 0 spiro atoms. The second-order valence-corrected chi connectivity index (χ2v) is 7.97. The number of anilines is 1. The highest BCUT2D eigenvalue weighted by Gasteiger charge is 2.23. The van der Waals surface area contributed by atoms with Gasteiger partial charge in [0.25, 0.3) is 0 Å². The van der Waals surface area contributed by atoms with Crippen molar-refractivity contribution in [1.29, 1.82) is 0 Å². The number of esters is 1. The number of ether oxygens (including phenoxy) is 3. The summed E-state index contributed by atoms with van der Waals surface area (Å²) in [5.41, 5.74) is -0.514. The number of aromatic hydroxyl groups is 2. The van der Waals surface area contributed by atoms with Crippen molar-refractivity contribution in [2.24, 2.45) is 0 Å². The average molecular weight is 533 g/mol. The Bertz CT molecular complexity index is 1630. The average Bonchev–Trinajstić information content (AvgIpc) is 2.89. The van der Waals surface area contributed by atoms with Gasteiger partial charge in [-0.05, 0) is 38.1 Å². The fourth-order valence-electron chi connectivity index (χ4n) is 3.84. The zero-order valence-electron chi connectivity index (χ0n) is 20.8. The summed E-state index contributed by atoms with van der Waals surface area (Å²) in [6.45, 7) is 3.22. The summed E-state index contributed by atoms with van der Waals surface area (Å²) in [5, 5.41) is 22.7. The predicted octanol–water partition coefficient (Wildman–Crippen LogP) is 4.27. The van der Waals surface area contributed by atoms with Crippen molar-refractivity contribution in [3.05, 3.63) is 76.7 Å². The predicted molar refractivity (Wildman–Crippen MR) is 139 cm³/mol. The van der Waals surface area contributed by atoms with Crippen molar-refractivity contribution in [2.45, 2.75) is 13.8 Å². The molecule has 4 aromatic rings. The molecule has 0 bridgehead atoms. The van der Waals surface area contributed by atoms with E-state index < -0.39 is 35.1 Å². The largest absolute Gasteiger partial charge is 0.508 e. The Morgan fingerprint density at radius 1 is 1.00 bits per heavy atom. The van der Waals surface area contributed by atoms with E-state index in [1.54, 1.807) is 19.9 Å². The monoisotopic (exact) mass is 533 g/mol. The number of nitrogens with zero attached hydrogens (tertiary/aromatic N) is 2. The maximum atomic E-state index is 13.1. The maximum Gasteiger partial charge on any atom is 0.418 e. The van der Waals surface area contributed by atoms with Crippen LogP contribution in [0.1, 0.15) is 24.2 Å². The molecule has 12 nitrogen and oxygen atoms in total. The molecule has 0 unspecified atom stereocenters. The molecule has 0 saturated heterocycles. The summed E-state index contributed by atoms with van der Waals surface area (Å²) in [4.78, 5) is 54.9. The van der Waals surface area contributed by atoms with Crippen LogP contribution < -0.4 is 15.5 Å². The first-order valence-corrected chi connectivity index (χ1v) is 11.7. The number of fused-ring (bicyclic) bond motifs is 1. The molecule has 0 radical (unpaired) electrons. The molecule has 3 N–H and O–H groups in total. The third-order valence-electron chi connectivity index (χ3n) is 5.41. The van der Waals surface area contributed by atoms with Gasteiger partial charge in [-0.25, -0.2) is 19.0 Å². The number of carbonyl (C=O) groups is 3. The lowest BCUT2D eigenvalue weighted by atomic mass is 10.0. The lowest BCUT2D eigenvalue weighted by molar-refractivity contribution is 0.0734. The number of phenols is 2. The summed E-state index contributed by atoms with van der Waals surface area (Å²) in [7, 11) is 0. The Morgan fingerprint density at radius 2 is 1.77 bits per heavy atom. The molecule has 2 aromatic heterocycles. The van der Waals surface area contributed by atoms with Gasteiger partial charge in [-0.15, -0.1) is 0 Å². The van der Waals surface area contributed by atoms with Gasteiger partial charge in [0.1, 0.15) is 17.2 Å². The molecule has 1 amide bonds. The quantitative estimate of drug-likeness (QED) is 0.241. The van der Waals surface area contributed by atoms with Gasteiger partial charge in [-0.3, -0.25) is 15.1 Å². The molecular formula is C27H23N3O9. The molecule has 200 valence electrons. The maximum absolute atomic E-state index is 13.1. The van der Waals surface area contributed by atoms with Crippen LogP contribution in [0.4, 0.5) is 15.3 Å². The number of phenolic OH excluding ortho intramolecular Hbond substituents is 2. The number of rotatable bonds is 6. The minimum atomic E-state index is -0.920. The van der Waals surface area contributed by atoms with E-state index in [1.165, 1.54) is 36.7 Å². The Morgan fingerprint density at radius 3 is 2.46 bits per heavy atom. The summed E-state index contributed by atoms with van der Waals surface area (Å²) in [6.07, 6.45) is 1.05. The molecule has 0 aliphatic carbocycles. The van der Waals surface area contributed by atoms with Gasteiger partial charge in [0.15, 0.2) is 5.43 Å². The third-order valence-corrected chi connectivity index (χ3v) is 5.41. The molecule has 4 rings (SSSR count). The van der Waals surface area contributed by atoms with Crippen LogP contribution in [0.25, 0.3) is 22.2 Å². The number of pyridine rings is 2. The van der Waals surface area contributed by atoms with Gasteiger partial charge in [0.2, 0.25) is 0 Å². The number of hydrogen-bond donors (Lipinski definition) is 3. The van der Waals surface area contributed by atoms with Gasteiger partial charge in [0, 0.05) is 42.2 Å². The molecule has 2 aromatic carbocycles. The highest BCUT2D eigenvalue weighted by Crippen LogP contribution is 2.35. The highest BCUT2D eigenvalue weighted by molar-refractivity contribution is 5.99. The van der Waals surface area contributed by atoms with Gasteiger partial charge < -0.3 is 24.4 Å². The van der Waals surface area contributed by atoms with Crippen LogP contribution in [0.3, 0.4) is 0 Å². The van der Waals surface area contributed by atoms with Crippen molar-refractivity contribution in [2.75, 3.05) is 18.5 Å². The first-order valence-electron chi connectivity index (χ1n) is 11.7. The van der Waals surface area contributed by atoms with Crippen molar-refractivity contribution >= 4 is 34.7 Å². The van der Waals surface area contributed by atoms with E-state index in [2.05, 4.69) is 10.3 Å². The molecule has 0 atom stereocenters. The van der Waals surface area contributed by atoms with E-state index in [0.29, 0.717) is 0 Å². The molecule has 0 fully saturated rings. The minimum absolute atomic E-state index is 0.0195. The zero-order valence-corrected chi connectivity index (χ0v) is 20.8. The van der Waals surface area contributed by atoms with Crippen LogP contribution in [-0.2, 0) is 9.47 Å². The standard InChI is InChI=1S/C27H23N3O9/c1-3-37-26(35)29-19-12-17(39-25(34)15-6-5-9-28-14-15)7-8-18(19)20-13-23(33)24-21(10-16(31)11-22(24)32)30(20)27(36)38-4-2/h5-14,31-32H,3-4H2,1-2H3,(H,29,35). The summed E-state index contributed by atoms with van der Waals surface area (Å²) < 4.78 is 16.5. The summed E-state index contributed by atoms with van der Waals surface area (Å²) >= 11 is 0. The molecular weight excluding hydrogens is 510 g/mol. The van der Waals surface area contributed by atoms with E-state index in [4.69, 9.17) is 14.2 Å². The molecule has 39 heavy (non-hydrogen) atoms. The zero-order chi connectivity index (χ0) is 28.1. The molecule has 0 aliphatic heterocycles. The second kappa shape index (κ2) is 11.3. The van der Waals surface area contributed by atoms with E-state index in [-0.39, 0.29) is 52.4 Å². The fourth-order valence-corrected chi connectivity index (χ4v) is 3.84. The molecule has 0 aliphatic rings. The van der Waals surface area contributed by atoms with Crippen LogP contribution >= 0.6 is 0 Å². The van der Waals surface area contributed by atoms with Gasteiger partial charge in [0.05, 0.1) is 41.1 Å². The van der Waals surface area contributed by atoms with Crippen molar-refractivity contribution in [3.63, 3.8) is 0 Å². The second-order valence-electron chi connectivity index (χ2n) is 7.97. The number of nitrogens with one attached hydrogen (secondary N) is 1. The first-order chi connectivity index (χ1) is 18.7. The highest BCUT2D eigenvalue weighted by atomic mass is 16.6. The van der Waals surface area contributed by atoms with Gasteiger partial charge in [-0.2, -0.15) is 0 Å². The van der Waals surface area contributed by atoms with Crippen LogP contribution in [0.2, 0.25) is 0 Å². The molecule has 0 saturated carbocycles. The Labute approximate surface area is 221 Å². The Kier molecular flexibility index (Phi) is 7.75. The van der Waals surface area contributed by atoms with Crippen LogP contribution in [0.5, 0.6) is 17.2 Å². The van der Waals surface area contributed by atoms with Gasteiger partial charge >= 0.3 is 18.2 Å². The number of carbonyl (C=O) groups excluding carboxylic acids is 3.